The van der Waals surface area contributed by atoms with E-state index in [1.165, 1.54) is 0 Å². The molecule has 2 aliphatic rings. The number of amides is 2. The van der Waals surface area contributed by atoms with E-state index in [0.717, 1.165) is 46.3 Å². The number of nitrogens with one attached hydrogen (secondary N) is 2. The number of fused-ring (bicyclic) bond motifs is 1. The van der Waals surface area contributed by atoms with Gasteiger partial charge in [0.15, 0.2) is 11.5 Å². The standard InChI is InChI=1S/C27H26N2O5/c1-16-3-5-20(13-22(16)21-7-6-19(11-17(21)2)28-25(31)14-30)29-26(32)27(9-10-27)18-4-8-23-24(12-18)34-15-33-23/h3-8,11-13,30H,9-10,14-15H2,1-2H3,(H,28,31)(H,29,32). The maximum atomic E-state index is 13.3. The molecule has 1 aliphatic carbocycles. The molecule has 0 bridgehead atoms. The monoisotopic (exact) mass is 458 g/mol. The zero-order chi connectivity index (χ0) is 23.9. The third-order valence-corrected chi connectivity index (χ3v) is 6.55. The van der Waals surface area contributed by atoms with Gasteiger partial charge in [-0.1, -0.05) is 18.2 Å². The summed E-state index contributed by atoms with van der Waals surface area (Å²) in [6.07, 6.45) is 1.58. The molecule has 1 aliphatic heterocycles. The van der Waals surface area contributed by atoms with Crippen LogP contribution in [0.25, 0.3) is 11.1 Å². The Balaban J connectivity index is 1.38. The number of aryl methyl sites for hydroxylation is 2. The summed E-state index contributed by atoms with van der Waals surface area (Å²) in [7, 11) is 0. The van der Waals surface area contributed by atoms with Gasteiger partial charge in [0.05, 0.1) is 5.41 Å². The Kier molecular flexibility index (Phi) is 5.49. The number of rotatable bonds is 6. The highest BCUT2D eigenvalue weighted by Gasteiger charge is 2.51. The highest BCUT2D eigenvalue weighted by molar-refractivity contribution is 6.02. The molecule has 3 N–H and O–H groups in total. The van der Waals surface area contributed by atoms with Gasteiger partial charge in [-0.2, -0.15) is 0 Å². The first kappa shape index (κ1) is 22.0. The van der Waals surface area contributed by atoms with Crippen LogP contribution < -0.4 is 20.1 Å². The topological polar surface area (TPSA) is 96.9 Å². The van der Waals surface area contributed by atoms with E-state index in [2.05, 4.69) is 10.6 Å². The largest absolute Gasteiger partial charge is 0.454 e. The molecule has 5 rings (SSSR count). The number of aliphatic hydroxyl groups excluding tert-OH is 1. The highest BCUT2D eigenvalue weighted by atomic mass is 16.7. The summed E-state index contributed by atoms with van der Waals surface area (Å²) >= 11 is 0. The molecule has 0 atom stereocenters. The number of aliphatic hydroxyl groups is 1. The SMILES string of the molecule is Cc1cc(NC(=O)CO)ccc1-c1cc(NC(=O)C2(c3ccc4c(c3)OCO4)CC2)ccc1C. The fraction of sp³-hybridized carbons (Fsp3) is 0.259. The maximum Gasteiger partial charge on any atom is 0.250 e. The number of carbonyl (C=O) groups excluding carboxylic acids is 2. The van der Waals surface area contributed by atoms with Crippen LogP contribution in [0.1, 0.15) is 29.5 Å². The zero-order valence-corrected chi connectivity index (χ0v) is 19.1. The maximum absolute atomic E-state index is 13.3. The molecule has 7 heteroatoms. The molecular weight excluding hydrogens is 432 g/mol. The molecule has 174 valence electrons. The fourth-order valence-electron chi connectivity index (χ4n) is 4.45. The molecular formula is C27H26N2O5. The van der Waals surface area contributed by atoms with Crippen molar-refractivity contribution in [1.29, 1.82) is 0 Å². The first-order valence-electron chi connectivity index (χ1n) is 11.2. The molecule has 0 saturated heterocycles. The molecule has 1 saturated carbocycles. The van der Waals surface area contributed by atoms with Gasteiger partial charge in [-0.25, -0.2) is 0 Å². The minimum absolute atomic E-state index is 0.0278. The lowest BCUT2D eigenvalue weighted by Gasteiger charge is -2.18. The van der Waals surface area contributed by atoms with Crippen LogP contribution in [-0.4, -0.2) is 30.3 Å². The van der Waals surface area contributed by atoms with Crippen LogP contribution in [-0.2, 0) is 15.0 Å². The van der Waals surface area contributed by atoms with Crippen molar-refractivity contribution in [3.05, 3.63) is 71.3 Å². The molecule has 0 spiro atoms. The Morgan fingerprint density at radius 2 is 1.59 bits per heavy atom. The average Bonchev–Trinajstić information content (AvgIpc) is 3.51. The van der Waals surface area contributed by atoms with Crippen LogP contribution in [0.15, 0.2) is 54.6 Å². The van der Waals surface area contributed by atoms with E-state index in [-0.39, 0.29) is 12.7 Å². The molecule has 2 amide bonds. The minimum Gasteiger partial charge on any atom is -0.454 e. The molecule has 7 nitrogen and oxygen atoms in total. The van der Waals surface area contributed by atoms with Crippen molar-refractivity contribution in [3.8, 4) is 22.6 Å². The Bertz CT molecular complexity index is 1300. The van der Waals surface area contributed by atoms with Crippen LogP contribution >= 0.6 is 0 Å². The summed E-state index contributed by atoms with van der Waals surface area (Å²) < 4.78 is 10.9. The van der Waals surface area contributed by atoms with Crippen molar-refractivity contribution < 1.29 is 24.2 Å². The van der Waals surface area contributed by atoms with E-state index in [1.807, 2.05) is 62.4 Å². The lowest BCUT2D eigenvalue weighted by molar-refractivity contribution is -0.119. The number of hydrogen-bond acceptors (Lipinski definition) is 5. The number of carbonyl (C=O) groups is 2. The third kappa shape index (κ3) is 3.99. The van der Waals surface area contributed by atoms with E-state index in [0.29, 0.717) is 17.2 Å². The van der Waals surface area contributed by atoms with Gasteiger partial charge >= 0.3 is 0 Å². The first-order chi connectivity index (χ1) is 16.4. The number of hydrogen-bond donors (Lipinski definition) is 3. The zero-order valence-electron chi connectivity index (χ0n) is 19.1. The Labute approximate surface area is 197 Å². The van der Waals surface area contributed by atoms with Gasteiger partial charge in [0, 0.05) is 11.4 Å². The predicted octanol–water partition coefficient (Wildman–Crippen LogP) is 4.30. The second-order valence-electron chi connectivity index (χ2n) is 8.87. The number of ether oxygens (including phenoxy) is 2. The quantitative estimate of drug-likeness (QED) is 0.512. The fourth-order valence-corrected chi connectivity index (χ4v) is 4.45. The molecule has 1 heterocycles. The van der Waals surface area contributed by atoms with E-state index in [9.17, 15) is 9.59 Å². The van der Waals surface area contributed by atoms with Gasteiger partial charge in [0.2, 0.25) is 18.6 Å². The van der Waals surface area contributed by atoms with Crippen LogP contribution in [0.4, 0.5) is 11.4 Å². The van der Waals surface area contributed by atoms with Gasteiger partial charge in [0.1, 0.15) is 6.61 Å². The average molecular weight is 459 g/mol. The Morgan fingerprint density at radius 3 is 2.32 bits per heavy atom. The number of anilines is 2. The van der Waals surface area contributed by atoms with Gasteiger partial charge < -0.3 is 25.2 Å². The minimum atomic E-state index is -0.560. The normalized spacial score (nSPS) is 15.0. The molecule has 34 heavy (non-hydrogen) atoms. The van der Waals surface area contributed by atoms with Crippen LogP contribution in [0.5, 0.6) is 11.5 Å². The lowest BCUT2D eigenvalue weighted by Crippen LogP contribution is -2.27. The molecule has 0 unspecified atom stereocenters. The third-order valence-electron chi connectivity index (χ3n) is 6.55. The summed E-state index contributed by atoms with van der Waals surface area (Å²) in [5, 5.41) is 14.7. The summed E-state index contributed by atoms with van der Waals surface area (Å²) in [6.45, 7) is 3.64. The second-order valence-corrected chi connectivity index (χ2v) is 8.87. The molecule has 1 fully saturated rings. The lowest BCUT2D eigenvalue weighted by atomic mass is 9.93. The molecule has 0 aromatic heterocycles. The predicted molar refractivity (Wildman–Crippen MR) is 129 cm³/mol. The van der Waals surface area contributed by atoms with Gasteiger partial charge in [0.25, 0.3) is 0 Å². The number of benzene rings is 3. The van der Waals surface area contributed by atoms with Crippen LogP contribution in [0.2, 0.25) is 0 Å². The van der Waals surface area contributed by atoms with E-state index >= 15 is 0 Å². The van der Waals surface area contributed by atoms with Gasteiger partial charge in [-0.3, -0.25) is 9.59 Å². The highest BCUT2D eigenvalue weighted by Crippen LogP contribution is 2.51. The van der Waals surface area contributed by atoms with Crippen molar-refractivity contribution in [2.45, 2.75) is 32.1 Å². The molecule has 3 aromatic carbocycles. The molecule has 0 radical (unpaired) electrons. The van der Waals surface area contributed by atoms with E-state index < -0.39 is 17.9 Å². The van der Waals surface area contributed by atoms with E-state index in [1.54, 1.807) is 6.07 Å². The summed E-state index contributed by atoms with van der Waals surface area (Å²) in [5.41, 5.74) is 5.81. The Hall–Kier alpha value is -3.84. The smallest absolute Gasteiger partial charge is 0.250 e. The van der Waals surface area contributed by atoms with Crippen molar-refractivity contribution in [2.24, 2.45) is 0 Å². The van der Waals surface area contributed by atoms with E-state index in [4.69, 9.17) is 14.6 Å². The van der Waals surface area contributed by atoms with Crippen LogP contribution in [0, 0.1) is 13.8 Å². The summed E-state index contributed by atoms with van der Waals surface area (Å²) in [6, 6.07) is 17.2. The van der Waals surface area contributed by atoms with Crippen molar-refractivity contribution in [2.75, 3.05) is 24.0 Å². The Morgan fingerprint density at radius 1 is 0.853 bits per heavy atom. The first-order valence-corrected chi connectivity index (χ1v) is 11.2. The van der Waals surface area contributed by atoms with Crippen LogP contribution in [0.3, 0.4) is 0 Å². The second kappa shape index (κ2) is 8.50. The van der Waals surface area contributed by atoms with Crippen molar-refractivity contribution >= 4 is 23.2 Å². The summed E-state index contributed by atoms with van der Waals surface area (Å²) in [5.74, 6) is 0.910. The molecule has 3 aromatic rings. The summed E-state index contributed by atoms with van der Waals surface area (Å²) in [4.78, 5) is 24.8. The van der Waals surface area contributed by atoms with Crippen molar-refractivity contribution in [3.63, 3.8) is 0 Å². The van der Waals surface area contributed by atoms with Gasteiger partial charge in [-0.15, -0.1) is 0 Å². The van der Waals surface area contributed by atoms with Crippen molar-refractivity contribution in [1.82, 2.24) is 0 Å². The van der Waals surface area contributed by atoms with Gasteiger partial charge in [-0.05, 0) is 90.9 Å².